The SMILES string of the molecule is CC1CCC(Cn2c(N3CCOC[C@@H]3C)nc3nc(-c4noc(=O)[nH]4)nc(-c4cccc(Cl)c4)c32)CC1. The molecule has 1 N–H and O–H groups in total. The first kappa shape index (κ1) is 24.1. The van der Waals surface area contributed by atoms with E-state index in [4.69, 9.17) is 35.8 Å². The molecule has 6 rings (SSSR count). The van der Waals surface area contributed by atoms with Gasteiger partial charge in [0, 0.05) is 23.7 Å². The van der Waals surface area contributed by atoms with E-state index in [9.17, 15) is 4.79 Å². The van der Waals surface area contributed by atoms with Gasteiger partial charge in [0.25, 0.3) is 0 Å². The van der Waals surface area contributed by atoms with Crippen LogP contribution in [0.1, 0.15) is 39.5 Å². The van der Waals surface area contributed by atoms with Crippen molar-refractivity contribution in [2.24, 2.45) is 11.8 Å². The Hall–Kier alpha value is -3.24. The van der Waals surface area contributed by atoms with Gasteiger partial charge in [-0.2, -0.15) is 4.98 Å². The highest BCUT2D eigenvalue weighted by atomic mass is 35.5. The number of hydrogen-bond donors (Lipinski definition) is 1. The van der Waals surface area contributed by atoms with Crippen molar-refractivity contribution < 1.29 is 9.26 Å². The van der Waals surface area contributed by atoms with E-state index in [0.29, 0.717) is 35.5 Å². The number of nitrogens with zero attached hydrogens (tertiary/aromatic N) is 6. The van der Waals surface area contributed by atoms with Crippen molar-refractivity contribution in [1.82, 2.24) is 29.7 Å². The van der Waals surface area contributed by atoms with Gasteiger partial charge in [-0.1, -0.05) is 48.7 Å². The van der Waals surface area contributed by atoms with Crippen molar-refractivity contribution in [2.75, 3.05) is 24.7 Å². The summed E-state index contributed by atoms with van der Waals surface area (Å²) in [6.45, 7) is 7.36. The molecule has 1 aromatic carbocycles. The van der Waals surface area contributed by atoms with Gasteiger partial charge in [0.1, 0.15) is 11.2 Å². The van der Waals surface area contributed by atoms with E-state index < -0.39 is 5.76 Å². The van der Waals surface area contributed by atoms with E-state index in [-0.39, 0.29) is 17.7 Å². The van der Waals surface area contributed by atoms with Crippen LogP contribution >= 0.6 is 11.6 Å². The number of ether oxygens (including phenoxy) is 1. The summed E-state index contributed by atoms with van der Waals surface area (Å²) >= 11 is 6.40. The van der Waals surface area contributed by atoms with Gasteiger partial charge in [-0.05, 0) is 43.7 Å². The minimum atomic E-state index is -0.664. The molecule has 0 bridgehead atoms. The molecule has 0 radical (unpaired) electrons. The van der Waals surface area contributed by atoms with Crippen LogP contribution in [0.5, 0.6) is 0 Å². The molecule has 1 saturated heterocycles. The number of benzene rings is 1. The first-order valence-corrected chi connectivity index (χ1v) is 13.3. The molecule has 1 aliphatic carbocycles. The van der Waals surface area contributed by atoms with Gasteiger partial charge in [0.15, 0.2) is 5.65 Å². The number of imidazole rings is 1. The second kappa shape index (κ2) is 9.90. The monoisotopic (exact) mass is 523 g/mol. The molecule has 37 heavy (non-hydrogen) atoms. The van der Waals surface area contributed by atoms with Crippen molar-refractivity contribution in [3.8, 4) is 22.9 Å². The number of hydrogen-bond acceptors (Lipinski definition) is 8. The van der Waals surface area contributed by atoms with Crippen LogP contribution in [0, 0.1) is 11.8 Å². The smallest absolute Gasteiger partial charge is 0.377 e. The minimum Gasteiger partial charge on any atom is -0.377 e. The van der Waals surface area contributed by atoms with E-state index in [2.05, 4.69) is 33.5 Å². The summed E-state index contributed by atoms with van der Waals surface area (Å²) in [7, 11) is 0. The fourth-order valence-corrected chi connectivity index (χ4v) is 5.67. The number of aromatic nitrogens is 6. The second-order valence-corrected chi connectivity index (χ2v) is 10.7. The molecule has 194 valence electrons. The van der Waals surface area contributed by atoms with Crippen LogP contribution in [0.25, 0.3) is 34.1 Å². The molecule has 2 aliphatic rings. The summed E-state index contributed by atoms with van der Waals surface area (Å²) in [6, 6.07) is 7.76. The highest BCUT2D eigenvalue weighted by Gasteiger charge is 2.30. The Bertz CT molecular complexity index is 1470. The topological polar surface area (TPSA) is 115 Å². The molecule has 2 fully saturated rings. The molecule has 3 aromatic heterocycles. The number of halogens is 1. The van der Waals surface area contributed by atoms with Crippen LogP contribution in [-0.2, 0) is 11.3 Å². The predicted octanol–water partition coefficient (Wildman–Crippen LogP) is 4.54. The van der Waals surface area contributed by atoms with E-state index in [1.807, 2.05) is 24.3 Å². The van der Waals surface area contributed by atoms with Crippen molar-refractivity contribution >= 4 is 28.7 Å². The van der Waals surface area contributed by atoms with Gasteiger partial charge in [-0.25, -0.2) is 14.8 Å². The van der Waals surface area contributed by atoms with Crippen molar-refractivity contribution in [3.05, 3.63) is 39.8 Å². The molecule has 1 aliphatic heterocycles. The maximum absolute atomic E-state index is 11.7. The van der Waals surface area contributed by atoms with Gasteiger partial charge in [0.2, 0.25) is 17.6 Å². The zero-order valence-electron chi connectivity index (χ0n) is 21.0. The largest absolute Gasteiger partial charge is 0.439 e. The maximum atomic E-state index is 11.7. The van der Waals surface area contributed by atoms with Crippen molar-refractivity contribution in [3.63, 3.8) is 0 Å². The van der Waals surface area contributed by atoms with Crippen LogP contribution < -0.4 is 10.7 Å². The average Bonchev–Trinajstić information content (AvgIpc) is 3.49. The summed E-state index contributed by atoms with van der Waals surface area (Å²) in [6.07, 6.45) is 4.85. The quantitative estimate of drug-likeness (QED) is 0.405. The van der Waals surface area contributed by atoms with Gasteiger partial charge >= 0.3 is 5.76 Å². The third-order valence-electron chi connectivity index (χ3n) is 7.53. The maximum Gasteiger partial charge on any atom is 0.439 e. The Labute approximate surface area is 219 Å². The first-order chi connectivity index (χ1) is 18.0. The Morgan fingerprint density at radius 2 is 1.97 bits per heavy atom. The van der Waals surface area contributed by atoms with Crippen LogP contribution in [0.3, 0.4) is 0 Å². The second-order valence-electron chi connectivity index (χ2n) is 10.3. The van der Waals surface area contributed by atoms with Crippen LogP contribution in [0.15, 0.2) is 33.6 Å². The van der Waals surface area contributed by atoms with E-state index in [1.165, 1.54) is 25.7 Å². The minimum absolute atomic E-state index is 0.160. The fraction of sp³-hybridized carbons (Fsp3) is 0.500. The number of H-pyrrole nitrogens is 1. The van der Waals surface area contributed by atoms with Crippen molar-refractivity contribution in [1.29, 1.82) is 0 Å². The first-order valence-electron chi connectivity index (χ1n) is 12.9. The molecule has 1 saturated carbocycles. The Balaban J connectivity index is 1.58. The van der Waals surface area contributed by atoms with Gasteiger partial charge in [0.05, 0.1) is 19.3 Å². The molecule has 4 heterocycles. The third kappa shape index (κ3) is 4.75. The fourth-order valence-electron chi connectivity index (χ4n) is 5.48. The lowest BCUT2D eigenvalue weighted by atomic mass is 9.83. The molecule has 0 spiro atoms. The summed E-state index contributed by atoms with van der Waals surface area (Å²) in [5.74, 6) is 1.92. The van der Waals surface area contributed by atoms with Crippen LogP contribution in [0.2, 0.25) is 5.02 Å². The molecule has 11 heteroatoms. The molecular formula is C26H30ClN7O3. The lowest BCUT2D eigenvalue weighted by molar-refractivity contribution is 0.0976. The van der Waals surface area contributed by atoms with Gasteiger partial charge in [-0.3, -0.25) is 9.51 Å². The zero-order chi connectivity index (χ0) is 25.5. The molecule has 0 amide bonds. The van der Waals surface area contributed by atoms with E-state index in [1.54, 1.807) is 0 Å². The number of nitrogens with one attached hydrogen (secondary N) is 1. The Morgan fingerprint density at radius 3 is 2.70 bits per heavy atom. The highest BCUT2D eigenvalue weighted by Crippen LogP contribution is 2.36. The van der Waals surface area contributed by atoms with Crippen LogP contribution in [-0.4, -0.2) is 55.5 Å². The number of fused-ring (bicyclic) bond motifs is 1. The molecular weight excluding hydrogens is 494 g/mol. The lowest BCUT2D eigenvalue weighted by Crippen LogP contribution is -2.45. The Kier molecular flexibility index (Phi) is 6.46. The zero-order valence-corrected chi connectivity index (χ0v) is 21.7. The molecule has 10 nitrogen and oxygen atoms in total. The highest BCUT2D eigenvalue weighted by molar-refractivity contribution is 6.30. The third-order valence-corrected chi connectivity index (χ3v) is 7.77. The Morgan fingerprint density at radius 1 is 1.14 bits per heavy atom. The summed E-state index contributed by atoms with van der Waals surface area (Å²) in [5.41, 5.74) is 2.92. The van der Waals surface area contributed by atoms with E-state index >= 15 is 0 Å². The summed E-state index contributed by atoms with van der Waals surface area (Å²) < 4.78 is 12.7. The normalized spacial score (nSPS) is 22.6. The standard InChI is InChI=1S/C26H30ClN7O3/c1-15-6-8-17(9-7-15)13-34-21-20(18-4-3-5-19(27)12-18)28-23(24-31-26(35)37-32-24)29-22(21)30-25(34)33-10-11-36-14-16(33)2/h3-5,12,15-17H,6-11,13-14H2,1-2H3,(H,31,32,35)/t15?,16-,17?/m0/s1. The molecule has 0 unspecified atom stereocenters. The number of morpholine rings is 1. The number of aromatic amines is 1. The lowest BCUT2D eigenvalue weighted by Gasteiger charge is -2.35. The number of rotatable bonds is 5. The summed E-state index contributed by atoms with van der Waals surface area (Å²) in [4.78, 5) is 31.2. The summed E-state index contributed by atoms with van der Waals surface area (Å²) in [5, 5.41) is 4.43. The van der Waals surface area contributed by atoms with E-state index in [0.717, 1.165) is 36.0 Å². The van der Waals surface area contributed by atoms with Crippen molar-refractivity contribution in [2.45, 2.75) is 52.1 Å². The van der Waals surface area contributed by atoms with Crippen LogP contribution in [0.4, 0.5) is 5.95 Å². The van der Waals surface area contributed by atoms with Gasteiger partial charge < -0.3 is 14.2 Å². The number of anilines is 1. The average molecular weight is 524 g/mol. The molecule has 4 aromatic rings. The predicted molar refractivity (Wildman–Crippen MR) is 141 cm³/mol. The molecule has 1 atom stereocenters. The van der Waals surface area contributed by atoms with Gasteiger partial charge in [-0.15, -0.1) is 0 Å².